The van der Waals surface area contributed by atoms with Crippen LogP contribution < -0.4 is 124 Å². The van der Waals surface area contributed by atoms with E-state index in [1.165, 1.54) is 0 Å². The summed E-state index contributed by atoms with van der Waals surface area (Å²) in [7, 11) is -25.8. The number of carbonyl (C=O) groups is 1. The minimum Gasteiger partial charge on any atom is -1.00 e. The molecule has 0 radical (unpaired) electrons. The molecule has 0 bridgehead atoms. The fraction of sp³-hybridized carbons (Fsp3) is 0.0357. The molecule has 0 heterocycles. The third-order valence-corrected chi connectivity index (χ3v) is 11.7. The fourth-order valence-electron chi connectivity index (χ4n) is 5.03. The van der Waals surface area contributed by atoms with Gasteiger partial charge in [0.2, 0.25) is 5.91 Å². The maximum atomic E-state index is 12.7. The van der Waals surface area contributed by atoms with E-state index < -0.39 is 126 Å². The molecule has 7 N–H and O–H groups in total. The van der Waals surface area contributed by atoms with Gasteiger partial charge in [0, 0.05) is 23.1 Å². The van der Waals surface area contributed by atoms with Crippen molar-refractivity contribution in [3.05, 3.63) is 66.7 Å². The van der Waals surface area contributed by atoms with E-state index in [0.29, 0.717) is 18.2 Å². The van der Waals surface area contributed by atoms with Crippen molar-refractivity contribution in [2.45, 2.75) is 31.4 Å². The normalized spacial score (nSPS) is 12.4. The first-order valence-corrected chi connectivity index (χ1v) is 21.4. The quantitative estimate of drug-likeness (QED) is 0.0389. The number of rotatable bonds is 10. The number of nitrogens with one attached hydrogen (secondary N) is 1. The smallest absolute Gasteiger partial charge is 1.00 e. The zero-order chi connectivity index (χ0) is 41.1. The van der Waals surface area contributed by atoms with Crippen molar-refractivity contribution in [3.63, 3.8) is 0 Å². The number of aromatic hydroxyl groups is 1. The standard InChI is InChI=1S/C28H21N5O17S5.4Na.4H/c1-13(34)29-20-8-9-22(53(42,43)44)19-11-23(54(45,46)47)27(28(35)25(19)20)33-32-26-18-10-16(52(39,40)41)6-7-17(18)21(12-24(26)55(48,49)50)31-30-14-2-4-15(5-3-14)51(36,37)38;;;;;;;;/h2-12,35H,1H3,(H,29,34)(H,36,37,38)(H,39,40,41)(H,42,43,44)(H,45,46,47)(H,48,49,50);;;;;;;;/q;4*+1;4*-1. The van der Waals surface area contributed by atoms with Gasteiger partial charge >= 0.3 is 118 Å². The Morgan fingerprint density at radius 1 is 0.525 bits per heavy atom. The molecule has 1 amide bonds. The maximum Gasteiger partial charge on any atom is 1.00 e. The molecule has 0 saturated heterocycles. The van der Waals surface area contributed by atoms with Crippen molar-refractivity contribution in [2.75, 3.05) is 5.32 Å². The molecule has 0 saturated carbocycles. The summed E-state index contributed by atoms with van der Waals surface area (Å²) in [5, 5.41) is 26.2. The Morgan fingerprint density at radius 3 is 1.51 bits per heavy atom. The van der Waals surface area contributed by atoms with E-state index in [1.807, 2.05) is 0 Å². The van der Waals surface area contributed by atoms with Crippen LogP contribution in [0.5, 0.6) is 5.75 Å². The van der Waals surface area contributed by atoms with Gasteiger partial charge in [0.25, 0.3) is 50.6 Å². The van der Waals surface area contributed by atoms with Gasteiger partial charge in [-0.2, -0.15) is 47.2 Å². The van der Waals surface area contributed by atoms with E-state index in [1.54, 1.807) is 0 Å². The van der Waals surface area contributed by atoms with Crippen LogP contribution in [0.4, 0.5) is 28.4 Å². The predicted molar refractivity (Wildman–Crippen MR) is 192 cm³/mol. The fourth-order valence-corrected chi connectivity index (χ4v) is 8.00. The molecule has 0 aliphatic rings. The second kappa shape index (κ2) is 20.4. The number of azo groups is 2. The molecule has 31 heteroatoms. The summed E-state index contributed by atoms with van der Waals surface area (Å²) < 4.78 is 171. The van der Waals surface area contributed by atoms with Crippen molar-refractivity contribution >= 4 is 106 Å². The zero-order valence-electron chi connectivity index (χ0n) is 34.9. The van der Waals surface area contributed by atoms with Gasteiger partial charge in [0.05, 0.1) is 32.2 Å². The van der Waals surface area contributed by atoms with Crippen LogP contribution in [-0.4, -0.2) is 75.9 Å². The van der Waals surface area contributed by atoms with Gasteiger partial charge in [-0.1, -0.05) is 6.07 Å². The van der Waals surface area contributed by atoms with E-state index >= 15 is 0 Å². The van der Waals surface area contributed by atoms with E-state index in [9.17, 15) is 74.8 Å². The van der Waals surface area contributed by atoms with Crippen LogP contribution in [0.2, 0.25) is 0 Å². The van der Waals surface area contributed by atoms with Crippen molar-refractivity contribution in [3.8, 4) is 5.75 Å². The number of amides is 1. The number of nitrogens with zero attached hydrogens (tertiary/aromatic N) is 4. The monoisotopic (exact) mass is 955 g/mol. The first-order valence-electron chi connectivity index (χ1n) is 14.2. The molecule has 5 rings (SSSR count). The molecule has 0 aromatic heterocycles. The van der Waals surface area contributed by atoms with Gasteiger partial charge in [0.1, 0.15) is 26.1 Å². The summed E-state index contributed by atoms with van der Waals surface area (Å²) in [6.07, 6.45) is 0. The van der Waals surface area contributed by atoms with Gasteiger partial charge < -0.3 is 16.1 Å². The Balaban J connectivity index is -0.00000218. The average Bonchev–Trinajstić information content (AvgIpc) is 3.04. The molecule has 0 unspecified atom stereocenters. The topological polar surface area (TPSA) is 371 Å². The minimum atomic E-state index is -5.54. The zero-order valence-corrected chi connectivity index (χ0v) is 42.9. The Labute approximate surface area is 429 Å². The number of fused-ring (bicyclic) bond motifs is 2. The number of anilines is 1. The van der Waals surface area contributed by atoms with Crippen LogP contribution in [0.15, 0.2) is 112 Å². The van der Waals surface area contributed by atoms with E-state index in [-0.39, 0.29) is 135 Å². The SMILES string of the molecule is CC(=O)Nc1ccc(S(=O)(=O)O)c2cc(S(=O)(=O)O)c(N=Nc3c(S(=O)(=O)O)cc(N=Nc4ccc(S(=O)(=O)O)cc4)c4ccc(S(=O)(=O)O)cc34)c(O)c12.[H-].[H-].[H-].[H-].[Na+].[Na+].[Na+].[Na+]. The van der Waals surface area contributed by atoms with Gasteiger partial charge in [-0.3, -0.25) is 27.6 Å². The second-order valence-corrected chi connectivity index (χ2v) is 18.0. The predicted octanol–water partition coefficient (Wildman–Crippen LogP) is -6.81. The van der Waals surface area contributed by atoms with Crippen molar-refractivity contribution in [2.24, 2.45) is 20.5 Å². The van der Waals surface area contributed by atoms with Crippen LogP contribution in [0.25, 0.3) is 21.5 Å². The molecule has 22 nitrogen and oxygen atoms in total. The summed E-state index contributed by atoms with van der Waals surface area (Å²) in [5.74, 6) is -2.13. The summed E-state index contributed by atoms with van der Waals surface area (Å²) in [6.45, 7) is 0.998. The molecular formula is C28H25N5Na4O17S5. The van der Waals surface area contributed by atoms with Gasteiger partial charge in [0.15, 0.2) is 5.75 Å². The van der Waals surface area contributed by atoms with Crippen LogP contribution >= 0.6 is 0 Å². The Morgan fingerprint density at radius 2 is 1.02 bits per heavy atom. The Hall–Kier alpha value is -1.36. The average molecular weight is 956 g/mol. The Bertz CT molecular complexity index is 3160. The molecule has 0 aliphatic heterocycles. The Kier molecular flexibility index (Phi) is 19.3. The molecule has 298 valence electrons. The van der Waals surface area contributed by atoms with Crippen molar-refractivity contribution in [1.29, 1.82) is 0 Å². The first kappa shape index (κ1) is 55.7. The van der Waals surface area contributed by atoms with E-state index in [0.717, 1.165) is 55.5 Å². The molecule has 59 heavy (non-hydrogen) atoms. The van der Waals surface area contributed by atoms with Gasteiger partial charge in [-0.25, -0.2) is 0 Å². The third kappa shape index (κ3) is 12.9. The summed E-state index contributed by atoms with van der Waals surface area (Å²) in [4.78, 5) is 6.86. The summed E-state index contributed by atoms with van der Waals surface area (Å²) in [5.41, 5.74) is -3.17. The number of carbonyl (C=O) groups excluding carboxylic acids is 1. The van der Waals surface area contributed by atoms with Crippen LogP contribution in [0.1, 0.15) is 12.6 Å². The molecule has 0 aliphatic carbocycles. The minimum absolute atomic E-state index is 0. The summed E-state index contributed by atoms with van der Waals surface area (Å²) in [6, 6.07) is 9.13. The number of hydrogen-bond donors (Lipinski definition) is 7. The molecule has 0 spiro atoms. The van der Waals surface area contributed by atoms with Crippen LogP contribution in [-0.2, 0) is 55.4 Å². The van der Waals surface area contributed by atoms with E-state index in [2.05, 4.69) is 25.8 Å². The molecule has 0 fully saturated rings. The summed E-state index contributed by atoms with van der Waals surface area (Å²) >= 11 is 0. The number of hydrogen-bond acceptors (Lipinski definition) is 16. The molecular weight excluding hydrogens is 931 g/mol. The number of phenolic OH excluding ortho intramolecular Hbond substituents is 1. The largest absolute Gasteiger partial charge is 1.00 e. The first-order chi connectivity index (χ1) is 25.2. The van der Waals surface area contributed by atoms with Crippen molar-refractivity contribution < 1.29 is 199 Å². The molecule has 5 aromatic carbocycles. The molecule has 5 aromatic rings. The van der Waals surface area contributed by atoms with Crippen LogP contribution in [0, 0.1) is 0 Å². The second-order valence-electron chi connectivity index (χ2n) is 11.0. The van der Waals surface area contributed by atoms with E-state index in [4.69, 9.17) is 0 Å². The van der Waals surface area contributed by atoms with Gasteiger partial charge in [-0.15, -0.1) is 15.3 Å². The van der Waals surface area contributed by atoms with Gasteiger partial charge in [-0.05, 0) is 60.7 Å². The number of phenols is 1. The maximum absolute atomic E-state index is 12.7. The number of benzene rings is 5. The third-order valence-electron chi connectivity index (χ3n) is 7.30. The van der Waals surface area contributed by atoms with Crippen LogP contribution in [0.3, 0.4) is 0 Å². The molecule has 0 atom stereocenters. The van der Waals surface area contributed by atoms with Crippen molar-refractivity contribution in [1.82, 2.24) is 0 Å².